The van der Waals surface area contributed by atoms with Gasteiger partial charge >= 0.3 is 0 Å². The minimum atomic E-state index is -0.217. The first-order valence-electron chi connectivity index (χ1n) is 7.94. The number of hydrogen-bond acceptors (Lipinski definition) is 4. The number of ketones is 1. The molecular weight excluding hydrogens is 270 g/mol. The van der Waals surface area contributed by atoms with E-state index in [0.29, 0.717) is 6.42 Å². The Labute approximate surface area is 126 Å². The van der Waals surface area contributed by atoms with Crippen molar-refractivity contribution in [2.24, 2.45) is 11.8 Å². The largest absolute Gasteiger partial charge is 0.396 e. The van der Waals surface area contributed by atoms with Gasteiger partial charge < -0.3 is 5.11 Å². The summed E-state index contributed by atoms with van der Waals surface area (Å²) in [5.41, 5.74) is 0. The number of aliphatic hydroxyl groups excluding tert-OH is 1. The van der Waals surface area contributed by atoms with Gasteiger partial charge in [-0.1, -0.05) is 26.7 Å². The molecule has 2 amide bonds. The van der Waals surface area contributed by atoms with Gasteiger partial charge in [-0.05, 0) is 18.8 Å². The van der Waals surface area contributed by atoms with Gasteiger partial charge in [0.25, 0.3) is 0 Å². The average Bonchev–Trinajstić information content (AvgIpc) is 2.72. The molecular formula is C16H27NO4. The molecule has 0 aromatic rings. The Morgan fingerprint density at radius 2 is 1.86 bits per heavy atom. The van der Waals surface area contributed by atoms with Crippen LogP contribution < -0.4 is 0 Å². The maximum absolute atomic E-state index is 12.1. The van der Waals surface area contributed by atoms with Crippen LogP contribution in [0.25, 0.3) is 0 Å². The molecule has 0 aliphatic carbocycles. The van der Waals surface area contributed by atoms with Gasteiger partial charge in [-0.25, -0.2) is 0 Å². The van der Waals surface area contributed by atoms with Crippen LogP contribution in [0.2, 0.25) is 0 Å². The van der Waals surface area contributed by atoms with E-state index in [1.54, 1.807) is 0 Å². The standard InChI is InChI=1S/C16H27NO4/c1-12(2)14-11-15(20)17(16(14)21)9-8-13(19)7-5-3-4-6-10-18/h12,14,18H,3-11H2,1-2H3. The van der Waals surface area contributed by atoms with Crippen molar-refractivity contribution in [3.63, 3.8) is 0 Å². The Balaban J connectivity index is 2.26. The van der Waals surface area contributed by atoms with Crippen molar-refractivity contribution in [3.05, 3.63) is 0 Å². The molecule has 1 rings (SSSR count). The number of rotatable bonds is 10. The predicted molar refractivity (Wildman–Crippen MR) is 79.5 cm³/mol. The summed E-state index contributed by atoms with van der Waals surface area (Å²) in [5, 5.41) is 8.65. The molecule has 21 heavy (non-hydrogen) atoms. The maximum Gasteiger partial charge on any atom is 0.233 e. The highest BCUT2D eigenvalue weighted by atomic mass is 16.3. The fourth-order valence-corrected chi connectivity index (χ4v) is 2.61. The molecule has 1 atom stereocenters. The Hall–Kier alpha value is -1.23. The van der Waals surface area contributed by atoms with Gasteiger partial charge in [0.1, 0.15) is 5.78 Å². The summed E-state index contributed by atoms with van der Waals surface area (Å²) in [7, 11) is 0. The molecule has 0 radical (unpaired) electrons. The van der Waals surface area contributed by atoms with E-state index in [1.165, 1.54) is 4.90 Å². The summed E-state index contributed by atoms with van der Waals surface area (Å²) in [5.74, 6) is -0.215. The summed E-state index contributed by atoms with van der Waals surface area (Å²) in [6.07, 6.45) is 4.51. The van der Waals surface area contributed by atoms with Crippen LogP contribution in [0, 0.1) is 11.8 Å². The van der Waals surface area contributed by atoms with Crippen molar-refractivity contribution in [2.45, 2.75) is 58.8 Å². The van der Waals surface area contributed by atoms with E-state index >= 15 is 0 Å². The minimum Gasteiger partial charge on any atom is -0.396 e. The number of likely N-dealkylation sites (tertiary alicyclic amines) is 1. The molecule has 0 saturated carbocycles. The van der Waals surface area contributed by atoms with Crippen molar-refractivity contribution < 1.29 is 19.5 Å². The summed E-state index contributed by atoms with van der Waals surface area (Å²) < 4.78 is 0. The summed E-state index contributed by atoms with van der Waals surface area (Å²) in [6, 6.07) is 0. The van der Waals surface area contributed by atoms with Crippen LogP contribution in [-0.4, -0.2) is 40.8 Å². The second-order valence-electron chi connectivity index (χ2n) is 6.11. The number of nitrogens with zero attached hydrogens (tertiary/aromatic N) is 1. The lowest BCUT2D eigenvalue weighted by Crippen LogP contribution is -2.33. The Morgan fingerprint density at radius 3 is 2.43 bits per heavy atom. The van der Waals surface area contributed by atoms with Crippen LogP contribution in [0.15, 0.2) is 0 Å². The molecule has 1 aliphatic heterocycles. The number of amides is 2. The quantitative estimate of drug-likeness (QED) is 0.494. The van der Waals surface area contributed by atoms with Crippen LogP contribution in [0.3, 0.4) is 0 Å². The molecule has 1 saturated heterocycles. The molecule has 0 aromatic carbocycles. The highest BCUT2D eigenvalue weighted by Gasteiger charge is 2.39. The van der Waals surface area contributed by atoms with Crippen LogP contribution in [0.5, 0.6) is 0 Å². The number of carbonyl (C=O) groups is 3. The van der Waals surface area contributed by atoms with Crippen LogP contribution in [0.1, 0.15) is 58.8 Å². The number of carbonyl (C=O) groups excluding carboxylic acids is 3. The van der Waals surface area contributed by atoms with E-state index in [9.17, 15) is 14.4 Å². The third-order valence-electron chi connectivity index (χ3n) is 4.06. The van der Waals surface area contributed by atoms with Crippen LogP contribution >= 0.6 is 0 Å². The fraction of sp³-hybridized carbons (Fsp3) is 0.812. The first-order chi connectivity index (χ1) is 9.97. The fourth-order valence-electron chi connectivity index (χ4n) is 2.61. The number of hydrogen-bond donors (Lipinski definition) is 1. The number of unbranched alkanes of at least 4 members (excludes halogenated alkanes) is 3. The number of Topliss-reactive ketones (excluding diaryl/α,β-unsaturated/α-hetero) is 1. The maximum atomic E-state index is 12.1. The highest BCUT2D eigenvalue weighted by Crippen LogP contribution is 2.26. The monoisotopic (exact) mass is 297 g/mol. The molecule has 120 valence electrons. The molecule has 0 bridgehead atoms. The van der Waals surface area contributed by atoms with Gasteiger partial charge in [-0.15, -0.1) is 0 Å². The van der Waals surface area contributed by atoms with E-state index in [2.05, 4.69) is 0 Å². The lowest BCUT2D eigenvalue weighted by molar-refractivity contribution is -0.139. The van der Waals surface area contributed by atoms with E-state index < -0.39 is 0 Å². The molecule has 5 nitrogen and oxygen atoms in total. The molecule has 0 aromatic heterocycles. The van der Waals surface area contributed by atoms with Gasteiger partial charge in [0.2, 0.25) is 11.8 Å². The van der Waals surface area contributed by atoms with Crippen LogP contribution in [0.4, 0.5) is 0 Å². The SMILES string of the molecule is CC(C)C1CC(=O)N(CCC(=O)CCCCCCO)C1=O. The topological polar surface area (TPSA) is 74.7 Å². The lowest BCUT2D eigenvalue weighted by atomic mass is 9.94. The predicted octanol–water partition coefficient (Wildman–Crippen LogP) is 1.92. The van der Waals surface area contributed by atoms with Crippen molar-refractivity contribution in [2.75, 3.05) is 13.2 Å². The van der Waals surface area contributed by atoms with Crippen molar-refractivity contribution in [3.8, 4) is 0 Å². The van der Waals surface area contributed by atoms with Gasteiger partial charge in [-0.2, -0.15) is 0 Å². The Bertz CT molecular complexity index is 378. The van der Waals surface area contributed by atoms with E-state index in [0.717, 1.165) is 25.7 Å². The normalized spacial score (nSPS) is 18.9. The second-order valence-corrected chi connectivity index (χ2v) is 6.11. The van der Waals surface area contributed by atoms with Gasteiger partial charge in [-0.3, -0.25) is 19.3 Å². The second kappa shape index (κ2) is 8.93. The molecule has 5 heteroatoms. The van der Waals surface area contributed by atoms with Gasteiger partial charge in [0.15, 0.2) is 0 Å². The Kier molecular flexibility index (Phi) is 7.57. The zero-order chi connectivity index (χ0) is 15.8. The molecule has 1 heterocycles. The smallest absolute Gasteiger partial charge is 0.233 e. The number of aliphatic hydroxyl groups is 1. The minimum absolute atomic E-state index is 0.104. The summed E-state index contributed by atoms with van der Waals surface area (Å²) in [4.78, 5) is 36.9. The van der Waals surface area contributed by atoms with E-state index in [4.69, 9.17) is 5.11 Å². The average molecular weight is 297 g/mol. The lowest BCUT2D eigenvalue weighted by Gasteiger charge is -2.15. The van der Waals surface area contributed by atoms with E-state index in [1.807, 2.05) is 13.8 Å². The molecule has 0 spiro atoms. The van der Waals surface area contributed by atoms with Crippen molar-refractivity contribution >= 4 is 17.6 Å². The zero-order valence-electron chi connectivity index (χ0n) is 13.1. The van der Waals surface area contributed by atoms with Crippen molar-refractivity contribution in [1.82, 2.24) is 4.90 Å². The third-order valence-corrected chi connectivity index (χ3v) is 4.06. The molecule has 1 aliphatic rings. The summed E-state index contributed by atoms with van der Waals surface area (Å²) >= 11 is 0. The number of imide groups is 1. The van der Waals surface area contributed by atoms with Gasteiger partial charge in [0.05, 0.1) is 0 Å². The van der Waals surface area contributed by atoms with Crippen LogP contribution in [-0.2, 0) is 14.4 Å². The van der Waals surface area contributed by atoms with Gasteiger partial charge in [0, 0.05) is 38.3 Å². The third kappa shape index (κ3) is 5.58. The highest BCUT2D eigenvalue weighted by molar-refractivity contribution is 6.03. The molecule has 1 fully saturated rings. The first kappa shape index (κ1) is 17.8. The molecule has 1 N–H and O–H groups in total. The zero-order valence-corrected chi connectivity index (χ0v) is 13.1. The summed E-state index contributed by atoms with van der Waals surface area (Å²) in [6.45, 7) is 4.31. The van der Waals surface area contributed by atoms with Crippen molar-refractivity contribution in [1.29, 1.82) is 0 Å². The molecule has 1 unspecified atom stereocenters. The first-order valence-corrected chi connectivity index (χ1v) is 7.94. The Morgan fingerprint density at radius 1 is 1.19 bits per heavy atom. The van der Waals surface area contributed by atoms with E-state index in [-0.39, 0.29) is 55.4 Å².